The Kier molecular flexibility index (Phi) is 10.5. The van der Waals surface area contributed by atoms with E-state index in [1.807, 2.05) is 54.3 Å². The zero-order chi connectivity index (χ0) is 27.6. The molecule has 1 aliphatic rings. The maximum atomic E-state index is 13.6. The van der Waals surface area contributed by atoms with E-state index >= 15 is 0 Å². The largest absolute Gasteiger partial charge is 0.384 e. The van der Waals surface area contributed by atoms with Crippen LogP contribution in [0, 0.1) is 11.3 Å². The molecule has 39 heavy (non-hydrogen) atoms. The number of nitrogens with one attached hydrogen (secondary N) is 1. The number of ether oxygens (including phenoxy) is 1. The van der Waals surface area contributed by atoms with E-state index in [0.717, 1.165) is 54.8 Å². The number of fused-ring (bicyclic) bond motifs is 1. The molecule has 0 radical (unpaired) electrons. The standard InChI is InChI=1S/C31H44N6O2/c1-2-39-20-6-18-37-28-15-14-26(31(38)36(19-17-32)22-24-7-4-3-5-8-24)21-27(28)35-29(37)16-11-23-9-12-25(13-10-23)30(33)34/h9-10,12-15,21,24H,2-8,11,16-20,22,32H2,1H3,(H3,33,34). The molecule has 1 saturated carbocycles. The zero-order valence-corrected chi connectivity index (χ0v) is 23.3. The minimum absolute atomic E-state index is 0.0472. The van der Waals surface area contributed by atoms with Crippen molar-refractivity contribution in [2.75, 3.05) is 32.8 Å². The number of rotatable bonds is 14. The summed E-state index contributed by atoms with van der Waals surface area (Å²) in [6.45, 7) is 6.06. The van der Waals surface area contributed by atoms with E-state index in [-0.39, 0.29) is 11.7 Å². The molecule has 0 unspecified atom stereocenters. The summed E-state index contributed by atoms with van der Waals surface area (Å²) in [5, 5.41) is 7.61. The summed E-state index contributed by atoms with van der Waals surface area (Å²) < 4.78 is 7.85. The molecule has 1 amide bonds. The first-order chi connectivity index (χ1) is 19.0. The number of nitrogen functional groups attached to an aromatic ring is 1. The maximum Gasteiger partial charge on any atom is 0.253 e. The van der Waals surface area contributed by atoms with Gasteiger partial charge >= 0.3 is 0 Å². The van der Waals surface area contributed by atoms with Crippen LogP contribution >= 0.6 is 0 Å². The number of aromatic nitrogens is 2. The first-order valence-electron chi connectivity index (χ1n) is 14.5. The molecule has 0 atom stereocenters. The van der Waals surface area contributed by atoms with Crippen LogP contribution < -0.4 is 11.5 Å². The second kappa shape index (κ2) is 14.2. The Labute approximate surface area is 232 Å². The number of amides is 1. The maximum absolute atomic E-state index is 13.6. The number of carbonyl (C=O) groups excluding carboxylic acids is 1. The predicted octanol–water partition coefficient (Wildman–Crippen LogP) is 4.51. The molecule has 8 nitrogen and oxygen atoms in total. The fourth-order valence-electron chi connectivity index (χ4n) is 5.62. The molecule has 0 saturated heterocycles. The minimum Gasteiger partial charge on any atom is -0.384 e. The van der Waals surface area contributed by atoms with Gasteiger partial charge in [0.15, 0.2) is 0 Å². The van der Waals surface area contributed by atoms with E-state index in [2.05, 4.69) is 4.57 Å². The number of benzene rings is 2. The van der Waals surface area contributed by atoms with Crippen molar-refractivity contribution >= 4 is 22.8 Å². The van der Waals surface area contributed by atoms with Gasteiger partial charge in [0.2, 0.25) is 0 Å². The Balaban J connectivity index is 1.55. The van der Waals surface area contributed by atoms with Crippen molar-refractivity contribution in [3.05, 3.63) is 65.0 Å². The van der Waals surface area contributed by atoms with Crippen LogP contribution in [0.25, 0.3) is 11.0 Å². The number of nitrogens with two attached hydrogens (primary N) is 2. The summed E-state index contributed by atoms with van der Waals surface area (Å²) in [7, 11) is 0. The molecule has 0 bridgehead atoms. The number of amidine groups is 1. The first-order valence-corrected chi connectivity index (χ1v) is 14.5. The lowest BCUT2D eigenvalue weighted by Gasteiger charge is -2.29. The van der Waals surface area contributed by atoms with Crippen LogP contribution in [0.1, 0.15) is 72.8 Å². The molecule has 2 aromatic carbocycles. The fourth-order valence-corrected chi connectivity index (χ4v) is 5.62. The quantitative estimate of drug-likeness (QED) is 0.160. The number of hydrogen-bond donors (Lipinski definition) is 3. The molecular weight excluding hydrogens is 488 g/mol. The summed E-state index contributed by atoms with van der Waals surface area (Å²) in [4.78, 5) is 20.5. The predicted molar refractivity (Wildman–Crippen MR) is 157 cm³/mol. The van der Waals surface area contributed by atoms with Crippen molar-refractivity contribution in [3.63, 3.8) is 0 Å². The third-order valence-electron chi connectivity index (χ3n) is 7.74. The number of carbonyl (C=O) groups is 1. The molecule has 3 aromatic rings. The first kappa shape index (κ1) is 28.8. The van der Waals surface area contributed by atoms with Gasteiger partial charge in [0.1, 0.15) is 11.7 Å². The fraction of sp³-hybridized carbons (Fsp3) is 0.516. The van der Waals surface area contributed by atoms with Crippen molar-refractivity contribution in [1.29, 1.82) is 5.41 Å². The summed E-state index contributed by atoms with van der Waals surface area (Å²) in [6.07, 6.45) is 8.69. The average molecular weight is 533 g/mol. The van der Waals surface area contributed by atoms with Gasteiger partial charge < -0.3 is 25.7 Å². The summed E-state index contributed by atoms with van der Waals surface area (Å²) in [5.41, 5.74) is 16.0. The Morgan fingerprint density at radius 1 is 1.10 bits per heavy atom. The van der Waals surface area contributed by atoms with Gasteiger partial charge in [-0.3, -0.25) is 10.2 Å². The Morgan fingerprint density at radius 3 is 2.54 bits per heavy atom. The lowest BCUT2D eigenvalue weighted by atomic mass is 9.89. The highest BCUT2D eigenvalue weighted by atomic mass is 16.5. The minimum atomic E-state index is 0.0472. The Morgan fingerprint density at radius 2 is 1.85 bits per heavy atom. The Hall–Kier alpha value is -3.23. The van der Waals surface area contributed by atoms with Crippen LogP contribution in [-0.2, 0) is 24.1 Å². The van der Waals surface area contributed by atoms with Crippen LogP contribution in [0.2, 0.25) is 0 Å². The van der Waals surface area contributed by atoms with E-state index in [4.69, 9.17) is 26.6 Å². The Bertz CT molecular complexity index is 1230. The van der Waals surface area contributed by atoms with E-state index in [1.165, 1.54) is 37.7 Å². The number of nitrogens with zero attached hydrogens (tertiary/aromatic N) is 3. The molecule has 0 aliphatic heterocycles. The van der Waals surface area contributed by atoms with Crippen molar-refractivity contribution in [2.24, 2.45) is 17.4 Å². The van der Waals surface area contributed by atoms with Crippen molar-refractivity contribution in [2.45, 2.75) is 64.8 Å². The second-order valence-corrected chi connectivity index (χ2v) is 10.6. The molecule has 1 fully saturated rings. The van der Waals surface area contributed by atoms with E-state index in [9.17, 15) is 4.79 Å². The van der Waals surface area contributed by atoms with Gasteiger partial charge in [-0.2, -0.15) is 0 Å². The lowest BCUT2D eigenvalue weighted by molar-refractivity contribution is 0.0719. The van der Waals surface area contributed by atoms with Crippen molar-refractivity contribution < 1.29 is 9.53 Å². The van der Waals surface area contributed by atoms with Crippen LogP contribution in [0.15, 0.2) is 42.5 Å². The van der Waals surface area contributed by atoms with Crippen LogP contribution in [-0.4, -0.2) is 59.0 Å². The van der Waals surface area contributed by atoms with E-state index < -0.39 is 0 Å². The van der Waals surface area contributed by atoms with Gasteiger partial charge in [-0.25, -0.2) is 4.98 Å². The normalized spacial score (nSPS) is 14.1. The summed E-state index contributed by atoms with van der Waals surface area (Å²) >= 11 is 0. The van der Waals surface area contributed by atoms with Gasteiger partial charge in [-0.1, -0.05) is 43.5 Å². The molecule has 5 N–H and O–H groups in total. The SMILES string of the molecule is CCOCCCn1c(CCc2ccc(C(=N)N)cc2)nc2cc(C(=O)N(CCN)CC3CCCCC3)ccc21. The zero-order valence-electron chi connectivity index (χ0n) is 23.3. The van der Waals surface area contributed by atoms with Crippen molar-refractivity contribution in [3.8, 4) is 0 Å². The molecule has 4 rings (SSSR count). The van der Waals surface area contributed by atoms with Crippen molar-refractivity contribution in [1.82, 2.24) is 14.5 Å². The van der Waals surface area contributed by atoms with E-state index in [0.29, 0.717) is 37.8 Å². The summed E-state index contributed by atoms with van der Waals surface area (Å²) in [5.74, 6) is 1.69. The van der Waals surface area contributed by atoms with Gasteiger partial charge in [-0.05, 0) is 62.3 Å². The van der Waals surface area contributed by atoms with Crippen LogP contribution in [0.4, 0.5) is 0 Å². The molecule has 1 heterocycles. The number of aryl methyl sites for hydroxylation is 3. The van der Waals surface area contributed by atoms with Crippen LogP contribution in [0.3, 0.4) is 0 Å². The van der Waals surface area contributed by atoms with E-state index in [1.54, 1.807) is 0 Å². The molecule has 210 valence electrons. The monoisotopic (exact) mass is 532 g/mol. The average Bonchev–Trinajstić information content (AvgIpc) is 3.31. The number of imidazole rings is 1. The van der Waals surface area contributed by atoms with Crippen LogP contribution in [0.5, 0.6) is 0 Å². The second-order valence-electron chi connectivity index (χ2n) is 10.6. The highest BCUT2D eigenvalue weighted by Gasteiger charge is 2.22. The highest BCUT2D eigenvalue weighted by Crippen LogP contribution is 2.26. The third kappa shape index (κ3) is 7.67. The third-order valence-corrected chi connectivity index (χ3v) is 7.74. The molecule has 1 aliphatic carbocycles. The van der Waals surface area contributed by atoms with Gasteiger partial charge in [0, 0.05) is 56.9 Å². The van der Waals surface area contributed by atoms with Gasteiger partial charge in [0.05, 0.1) is 11.0 Å². The lowest BCUT2D eigenvalue weighted by Crippen LogP contribution is -2.39. The number of hydrogen-bond acceptors (Lipinski definition) is 5. The highest BCUT2D eigenvalue weighted by molar-refractivity contribution is 5.97. The summed E-state index contributed by atoms with van der Waals surface area (Å²) in [6, 6.07) is 13.8. The molecule has 0 spiro atoms. The molecular formula is C31H44N6O2. The van der Waals surface area contributed by atoms with Gasteiger partial charge in [0.25, 0.3) is 5.91 Å². The topological polar surface area (TPSA) is 123 Å². The smallest absolute Gasteiger partial charge is 0.253 e. The van der Waals surface area contributed by atoms with Gasteiger partial charge in [-0.15, -0.1) is 0 Å². The molecule has 8 heteroatoms. The molecule has 1 aromatic heterocycles.